The molecule has 0 aliphatic rings. The topological polar surface area (TPSA) is 37.9 Å². The molecule has 0 saturated heterocycles. The lowest BCUT2D eigenvalue weighted by Gasteiger charge is -2.10. The zero-order valence-electron chi connectivity index (χ0n) is 8.91. The third-order valence-corrected chi connectivity index (χ3v) is 2.82. The number of nitrogens with one attached hydrogen (secondary N) is 1. The number of halogens is 2. The van der Waals surface area contributed by atoms with Gasteiger partial charge in [-0.05, 0) is 12.1 Å². The van der Waals surface area contributed by atoms with E-state index in [-0.39, 0.29) is 0 Å². The summed E-state index contributed by atoms with van der Waals surface area (Å²) in [7, 11) is 0. The summed E-state index contributed by atoms with van der Waals surface area (Å²) in [6.07, 6.45) is 5.02. The summed E-state index contributed by atoms with van der Waals surface area (Å²) in [6.45, 7) is 3.93. The molecule has 1 aromatic heterocycles. The van der Waals surface area contributed by atoms with Gasteiger partial charge in [-0.25, -0.2) is 4.98 Å². The highest BCUT2D eigenvalue weighted by molar-refractivity contribution is 6.38. The Hall–Kier alpha value is -1.45. The van der Waals surface area contributed by atoms with E-state index >= 15 is 0 Å². The minimum atomic E-state index is 0.348. The van der Waals surface area contributed by atoms with Gasteiger partial charge in [0.15, 0.2) is 5.75 Å². The highest BCUT2D eigenvalue weighted by atomic mass is 35.5. The predicted octanol–water partition coefficient (Wildman–Crippen LogP) is 3.95. The fourth-order valence-electron chi connectivity index (χ4n) is 1.40. The average Bonchev–Trinajstić information content (AvgIpc) is 2.82. The lowest BCUT2D eigenvalue weighted by Crippen LogP contribution is -1.96. The normalized spacial score (nSPS) is 10.2. The molecule has 0 spiro atoms. The quantitative estimate of drug-likeness (QED) is 0.853. The van der Waals surface area contributed by atoms with Gasteiger partial charge in [0.2, 0.25) is 0 Å². The molecule has 88 valence electrons. The Morgan fingerprint density at radius 2 is 2.24 bits per heavy atom. The Bertz CT molecular complexity index is 524. The summed E-state index contributed by atoms with van der Waals surface area (Å²) >= 11 is 12.3. The highest BCUT2D eigenvalue weighted by Gasteiger charge is 2.14. The monoisotopic (exact) mass is 268 g/mol. The lowest BCUT2D eigenvalue weighted by atomic mass is 10.2. The van der Waals surface area contributed by atoms with Gasteiger partial charge in [-0.3, -0.25) is 0 Å². The molecule has 0 fully saturated rings. The number of rotatable bonds is 4. The molecule has 0 bridgehead atoms. The van der Waals surface area contributed by atoms with Crippen molar-refractivity contribution in [3.63, 3.8) is 0 Å². The summed E-state index contributed by atoms with van der Waals surface area (Å²) in [5.41, 5.74) is 0.750. The van der Waals surface area contributed by atoms with Crippen molar-refractivity contribution < 1.29 is 4.74 Å². The van der Waals surface area contributed by atoms with Crippen LogP contribution in [-0.4, -0.2) is 16.6 Å². The van der Waals surface area contributed by atoms with Crippen LogP contribution in [0.15, 0.2) is 37.2 Å². The number of benzene rings is 1. The predicted molar refractivity (Wildman–Crippen MR) is 69.7 cm³/mol. The molecule has 2 rings (SSSR count). The van der Waals surface area contributed by atoms with Crippen molar-refractivity contribution in [2.45, 2.75) is 0 Å². The third kappa shape index (κ3) is 2.46. The Balaban J connectivity index is 2.45. The van der Waals surface area contributed by atoms with Crippen molar-refractivity contribution >= 4 is 23.2 Å². The third-order valence-electron chi connectivity index (χ3n) is 2.15. The van der Waals surface area contributed by atoms with Crippen LogP contribution in [0.5, 0.6) is 5.75 Å². The van der Waals surface area contributed by atoms with Gasteiger partial charge in [-0.2, -0.15) is 0 Å². The van der Waals surface area contributed by atoms with Gasteiger partial charge in [0.1, 0.15) is 12.4 Å². The van der Waals surface area contributed by atoms with E-state index in [0.717, 1.165) is 5.56 Å². The molecule has 3 nitrogen and oxygen atoms in total. The molecule has 5 heteroatoms. The van der Waals surface area contributed by atoms with Crippen LogP contribution < -0.4 is 4.74 Å². The number of H-pyrrole nitrogens is 1. The van der Waals surface area contributed by atoms with Crippen LogP contribution >= 0.6 is 23.2 Å². The number of aromatic amines is 1. The average molecular weight is 269 g/mol. The van der Waals surface area contributed by atoms with E-state index < -0.39 is 0 Å². The Kier molecular flexibility index (Phi) is 3.71. The lowest BCUT2D eigenvalue weighted by molar-refractivity contribution is 0.364. The number of aromatic nitrogens is 2. The maximum Gasteiger partial charge on any atom is 0.157 e. The van der Waals surface area contributed by atoms with Crippen molar-refractivity contribution in [1.29, 1.82) is 0 Å². The summed E-state index contributed by atoms with van der Waals surface area (Å²) in [4.78, 5) is 7.12. The van der Waals surface area contributed by atoms with Crippen molar-refractivity contribution in [2.75, 3.05) is 6.61 Å². The van der Waals surface area contributed by atoms with Crippen LogP contribution in [0.1, 0.15) is 0 Å². The van der Waals surface area contributed by atoms with E-state index in [4.69, 9.17) is 27.9 Å². The van der Waals surface area contributed by atoms with Gasteiger partial charge in [0.25, 0.3) is 0 Å². The van der Waals surface area contributed by atoms with Crippen LogP contribution in [0.4, 0.5) is 0 Å². The molecule has 0 unspecified atom stereocenters. The van der Waals surface area contributed by atoms with E-state index in [1.807, 2.05) is 0 Å². The summed E-state index contributed by atoms with van der Waals surface area (Å²) in [5.74, 6) is 1.12. The largest absolute Gasteiger partial charge is 0.486 e. The van der Waals surface area contributed by atoms with Crippen LogP contribution in [-0.2, 0) is 0 Å². The highest BCUT2D eigenvalue weighted by Crippen LogP contribution is 2.39. The number of hydrogen-bond donors (Lipinski definition) is 1. The van der Waals surface area contributed by atoms with Crippen molar-refractivity contribution in [3.8, 4) is 17.1 Å². The first-order valence-electron chi connectivity index (χ1n) is 4.95. The van der Waals surface area contributed by atoms with Gasteiger partial charge in [-0.15, -0.1) is 0 Å². The Labute approximate surface area is 109 Å². The van der Waals surface area contributed by atoms with Gasteiger partial charge in [0, 0.05) is 18.0 Å². The van der Waals surface area contributed by atoms with Crippen molar-refractivity contribution in [1.82, 2.24) is 9.97 Å². The second-order valence-corrected chi connectivity index (χ2v) is 4.06. The number of nitrogens with zero attached hydrogens (tertiary/aromatic N) is 1. The Morgan fingerprint density at radius 1 is 1.41 bits per heavy atom. The molecule has 0 radical (unpaired) electrons. The maximum atomic E-state index is 6.24. The number of hydrogen-bond acceptors (Lipinski definition) is 2. The SMILES string of the molecule is C=CCOc1c(Cl)ccc(-c2ncc[nH]2)c1Cl. The van der Waals surface area contributed by atoms with Gasteiger partial charge >= 0.3 is 0 Å². The molecule has 17 heavy (non-hydrogen) atoms. The molecule has 1 N–H and O–H groups in total. The van der Waals surface area contributed by atoms with Gasteiger partial charge in [0.05, 0.1) is 10.0 Å². The molecule has 0 atom stereocenters. The molecule has 2 aromatic rings. The zero-order valence-corrected chi connectivity index (χ0v) is 10.4. The van der Waals surface area contributed by atoms with E-state index in [0.29, 0.717) is 28.2 Å². The van der Waals surface area contributed by atoms with Crippen LogP contribution in [0.2, 0.25) is 10.0 Å². The zero-order chi connectivity index (χ0) is 12.3. The maximum absolute atomic E-state index is 6.24. The first kappa shape index (κ1) is 12.0. The molecule has 0 amide bonds. The second-order valence-electron chi connectivity index (χ2n) is 3.28. The van der Waals surface area contributed by atoms with Crippen molar-refractivity contribution in [2.24, 2.45) is 0 Å². The van der Waals surface area contributed by atoms with E-state index in [2.05, 4.69) is 16.5 Å². The summed E-state index contributed by atoms with van der Waals surface area (Å²) in [6, 6.07) is 3.52. The second kappa shape index (κ2) is 5.25. The van der Waals surface area contributed by atoms with E-state index in [1.165, 1.54) is 0 Å². The molecular weight excluding hydrogens is 259 g/mol. The summed E-state index contributed by atoms with van der Waals surface area (Å²) in [5, 5.41) is 0.904. The van der Waals surface area contributed by atoms with Crippen molar-refractivity contribution in [3.05, 3.63) is 47.2 Å². The molecule has 0 aliphatic carbocycles. The molecule has 0 aliphatic heterocycles. The molecule has 1 aromatic carbocycles. The number of imidazole rings is 1. The van der Waals surface area contributed by atoms with Gasteiger partial charge < -0.3 is 9.72 Å². The standard InChI is InChI=1S/C12H10Cl2N2O/c1-2-7-17-11-9(13)4-3-8(10(11)14)12-15-5-6-16-12/h2-6H,1,7H2,(H,15,16). The minimum absolute atomic E-state index is 0.348. The van der Waals surface area contributed by atoms with E-state index in [1.54, 1.807) is 30.6 Å². The van der Waals surface area contributed by atoms with Crippen LogP contribution in [0.3, 0.4) is 0 Å². The van der Waals surface area contributed by atoms with E-state index in [9.17, 15) is 0 Å². The van der Waals surface area contributed by atoms with Gasteiger partial charge in [-0.1, -0.05) is 35.9 Å². The molecule has 1 heterocycles. The summed E-state index contributed by atoms with van der Waals surface area (Å²) < 4.78 is 5.43. The first-order chi connectivity index (χ1) is 8.24. The van der Waals surface area contributed by atoms with Crippen LogP contribution in [0, 0.1) is 0 Å². The molecule has 0 saturated carbocycles. The molecular formula is C12H10Cl2N2O. The first-order valence-corrected chi connectivity index (χ1v) is 5.71. The fourth-order valence-corrected chi connectivity index (χ4v) is 1.97. The van der Waals surface area contributed by atoms with Crippen LogP contribution in [0.25, 0.3) is 11.4 Å². The fraction of sp³-hybridized carbons (Fsp3) is 0.0833. The smallest absolute Gasteiger partial charge is 0.157 e. The number of ether oxygens (including phenoxy) is 1. The Morgan fingerprint density at radius 3 is 2.88 bits per heavy atom. The minimum Gasteiger partial charge on any atom is -0.486 e.